The van der Waals surface area contributed by atoms with E-state index in [1.807, 2.05) is 12.3 Å². The molecule has 0 spiro atoms. The van der Waals surface area contributed by atoms with E-state index in [4.69, 9.17) is 11.6 Å². The molecule has 8 heteroatoms. The van der Waals surface area contributed by atoms with Crippen molar-refractivity contribution in [3.8, 4) is 0 Å². The number of nitrogens with zero attached hydrogens (tertiary/aromatic N) is 2. The number of anilines is 1. The number of nitro groups is 1. The molecule has 0 fully saturated rings. The molecule has 6 nitrogen and oxygen atoms in total. The van der Waals surface area contributed by atoms with Gasteiger partial charge in [0.25, 0.3) is 5.69 Å². The summed E-state index contributed by atoms with van der Waals surface area (Å²) in [6, 6.07) is 4.07. The molecule has 1 amide bonds. The average Bonchev–Trinajstić information content (AvgIpc) is 2.84. The van der Waals surface area contributed by atoms with E-state index in [9.17, 15) is 14.9 Å². The van der Waals surface area contributed by atoms with Crippen LogP contribution in [-0.4, -0.2) is 15.8 Å². The van der Waals surface area contributed by atoms with Gasteiger partial charge in [-0.2, -0.15) is 0 Å². The molecule has 0 atom stereocenters. The number of nitro benzene ring substituents is 1. The molecule has 0 aliphatic carbocycles. The van der Waals surface area contributed by atoms with E-state index in [0.29, 0.717) is 11.4 Å². The quantitative estimate of drug-likeness (QED) is 0.528. The Morgan fingerprint density at radius 3 is 2.90 bits per heavy atom. The lowest BCUT2D eigenvalue weighted by Crippen LogP contribution is -2.08. The van der Waals surface area contributed by atoms with Crippen molar-refractivity contribution >= 4 is 46.3 Å². The van der Waals surface area contributed by atoms with Gasteiger partial charge >= 0.3 is 0 Å². The van der Waals surface area contributed by atoms with Gasteiger partial charge < -0.3 is 5.32 Å². The summed E-state index contributed by atoms with van der Waals surface area (Å²) in [7, 11) is 0. The molecule has 0 saturated carbocycles. The van der Waals surface area contributed by atoms with Crippen LogP contribution in [0.2, 0.25) is 5.02 Å². The van der Waals surface area contributed by atoms with E-state index in [0.717, 1.165) is 5.01 Å². The summed E-state index contributed by atoms with van der Waals surface area (Å²) < 4.78 is 0. The number of aromatic nitrogens is 1. The minimum Gasteiger partial charge on any atom is -0.322 e. The lowest BCUT2D eigenvalue weighted by molar-refractivity contribution is -0.384. The first-order valence-corrected chi connectivity index (χ1v) is 7.06. The third kappa shape index (κ3) is 4.11. The molecule has 108 valence electrons. The molecular formula is C13H10ClN3O3S. The molecule has 0 bridgehead atoms. The Morgan fingerprint density at radius 2 is 2.29 bits per heavy atom. The van der Waals surface area contributed by atoms with Crippen LogP contribution in [0, 0.1) is 17.0 Å². The van der Waals surface area contributed by atoms with Crippen molar-refractivity contribution in [3.63, 3.8) is 0 Å². The first-order valence-electron chi connectivity index (χ1n) is 5.81. The van der Waals surface area contributed by atoms with Crippen molar-refractivity contribution < 1.29 is 9.72 Å². The number of hydrogen-bond acceptors (Lipinski definition) is 5. The summed E-state index contributed by atoms with van der Waals surface area (Å²) in [5.41, 5.74) is 0.735. The van der Waals surface area contributed by atoms with Gasteiger partial charge in [-0.15, -0.1) is 11.3 Å². The van der Waals surface area contributed by atoms with Crippen LogP contribution in [0.3, 0.4) is 0 Å². The predicted molar refractivity (Wildman–Crippen MR) is 82.6 cm³/mol. The second-order valence-electron chi connectivity index (χ2n) is 4.04. The SMILES string of the molecule is Cc1nc(/C=C/C(=O)Nc2ccc(Cl)c([N+](=O)[O-])c2)cs1. The van der Waals surface area contributed by atoms with Gasteiger partial charge in [-0.1, -0.05) is 11.6 Å². The van der Waals surface area contributed by atoms with Gasteiger partial charge in [-0.25, -0.2) is 4.98 Å². The third-order valence-corrected chi connectivity index (χ3v) is 3.56. The van der Waals surface area contributed by atoms with Gasteiger partial charge in [0.1, 0.15) is 5.02 Å². The predicted octanol–water partition coefficient (Wildman–Crippen LogP) is 3.67. The van der Waals surface area contributed by atoms with E-state index in [2.05, 4.69) is 10.3 Å². The zero-order chi connectivity index (χ0) is 15.4. The maximum Gasteiger partial charge on any atom is 0.289 e. The van der Waals surface area contributed by atoms with Crippen LogP contribution < -0.4 is 5.32 Å². The van der Waals surface area contributed by atoms with Crippen LogP contribution in [0.15, 0.2) is 29.7 Å². The van der Waals surface area contributed by atoms with E-state index in [-0.39, 0.29) is 10.7 Å². The maximum absolute atomic E-state index is 11.7. The van der Waals surface area contributed by atoms with Crippen LogP contribution in [0.4, 0.5) is 11.4 Å². The van der Waals surface area contributed by atoms with E-state index >= 15 is 0 Å². The highest BCUT2D eigenvalue weighted by Gasteiger charge is 2.13. The summed E-state index contributed by atoms with van der Waals surface area (Å²) in [4.78, 5) is 26.1. The molecular weight excluding hydrogens is 314 g/mol. The zero-order valence-corrected chi connectivity index (χ0v) is 12.4. The molecule has 1 N–H and O–H groups in total. The number of rotatable bonds is 4. The standard InChI is InChI=1S/C13H10ClN3O3S/c1-8-15-10(7-21-8)3-5-13(18)16-9-2-4-11(14)12(6-9)17(19)20/h2-7H,1H3,(H,16,18)/b5-3+. The Morgan fingerprint density at radius 1 is 1.52 bits per heavy atom. The highest BCUT2D eigenvalue weighted by atomic mass is 35.5. The molecule has 1 heterocycles. The number of benzene rings is 1. The molecule has 0 aliphatic heterocycles. The van der Waals surface area contributed by atoms with Gasteiger partial charge in [0.05, 0.1) is 15.6 Å². The number of nitrogens with one attached hydrogen (secondary N) is 1. The minimum atomic E-state index is -0.605. The Kier molecular flexibility index (Phi) is 4.66. The fraction of sp³-hybridized carbons (Fsp3) is 0.0769. The van der Waals surface area contributed by atoms with Crippen molar-refractivity contribution in [3.05, 3.63) is 55.5 Å². The van der Waals surface area contributed by atoms with Gasteiger partial charge in [-0.3, -0.25) is 14.9 Å². The number of halogens is 1. The number of carbonyl (C=O) groups is 1. The van der Waals surface area contributed by atoms with Crippen molar-refractivity contribution in [1.82, 2.24) is 4.98 Å². The minimum absolute atomic E-state index is 0.0199. The van der Waals surface area contributed by atoms with Gasteiger partial charge in [-0.05, 0) is 25.1 Å². The molecule has 1 aromatic heterocycles. The topological polar surface area (TPSA) is 85.1 Å². The Hall–Kier alpha value is -2.25. The van der Waals surface area contributed by atoms with E-state index < -0.39 is 10.8 Å². The largest absolute Gasteiger partial charge is 0.322 e. The molecule has 0 aliphatic rings. The monoisotopic (exact) mass is 323 g/mol. The Bertz CT molecular complexity index is 727. The third-order valence-electron chi connectivity index (χ3n) is 2.45. The Labute approximate surface area is 129 Å². The maximum atomic E-state index is 11.7. The fourth-order valence-corrected chi connectivity index (χ4v) is 2.30. The van der Waals surface area contributed by atoms with E-state index in [1.54, 1.807) is 6.08 Å². The summed E-state index contributed by atoms with van der Waals surface area (Å²) in [5.74, 6) is -0.405. The molecule has 0 saturated heterocycles. The van der Waals surface area contributed by atoms with E-state index in [1.165, 1.54) is 35.6 Å². The smallest absolute Gasteiger partial charge is 0.289 e. The first-order chi connectivity index (χ1) is 9.95. The van der Waals surface area contributed by atoms with Crippen LogP contribution in [-0.2, 0) is 4.79 Å². The lowest BCUT2D eigenvalue weighted by atomic mass is 10.2. The van der Waals surface area contributed by atoms with Gasteiger partial charge in [0.15, 0.2) is 0 Å². The highest BCUT2D eigenvalue weighted by Crippen LogP contribution is 2.27. The van der Waals surface area contributed by atoms with Crippen LogP contribution in [0.25, 0.3) is 6.08 Å². The number of aryl methyl sites for hydroxylation is 1. The summed E-state index contributed by atoms with van der Waals surface area (Å²) in [6.07, 6.45) is 2.89. The lowest BCUT2D eigenvalue weighted by Gasteiger charge is -2.02. The molecule has 0 unspecified atom stereocenters. The fourth-order valence-electron chi connectivity index (χ4n) is 1.53. The highest BCUT2D eigenvalue weighted by molar-refractivity contribution is 7.09. The van der Waals surface area contributed by atoms with Gasteiger partial charge in [0.2, 0.25) is 5.91 Å². The second kappa shape index (κ2) is 6.47. The summed E-state index contributed by atoms with van der Waals surface area (Å²) in [6.45, 7) is 1.87. The summed E-state index contributed by atoms with van der Waals surface area (Å²) >= 11 is 7.18. The summed E-state index contributed by atoms with van der Waals surface area (Å²) in [5, 5.41) is 16.0. The number of thiazole rings is 1. The average molecular weight is 324 g/mol. The molecule has 2 aromatic rings. The molecule has 21 heavy (non-hydrogen) atoms. The molecule has 1 aromatic carbocycles. The molecule has 2 rings (SSSR count). The van der Waals surface area contributed by atoms with Crippen molar-refractivity contribution in [2.24, 2.45) is 0 Å². The Balaban J connectivity index is 2.07. The van der Waals surface area contributed by atoms with Crippen LogP contribution in [0.5, 0.6) is 0 Å². The number of amides is 1. The molecule has 0 radical (unpaired) electrons. The second-order valence-corrected chi connectivity index (χ2v) is 5.51. The van der Waals surface area contributed by atoms with Crippen molar-refractivity contribution in [1.29, 1.82) is 0 Å². The van der Waals surface area contributed by atoms with Crippen molar-refractivity contribution in [2.75, 3.05) is 5.32 Å². The van der Waals surface area contributed by atoms with Crippen LogP contribution >= 0.6 is 22.9 Å². The first kappa shape index (κ1) is 15.1. The normalized spacial score (nSPS) is 10.8. The van der Waals surface area contributed by atoms with Crippen molar-refractivity contribution in [2.45, 2.75) is 6.92 Å². The number of hydrogen-bond donors (Lipinski definition) is 1. The van der Waals surface area contributed by atoms with Crippen LogP contribution in [0.1, 0.15) is 10.7 Å². The van der Waals surface area contributed by atoms with Gasteiger partial charge in [0, 0.05) is 23.2 Å². The number of carbonyl (C=O) groups excluding carboxylic acids is 1. The zero-order valence-electron chi connectivity index (χ0n) is 10.9.